The zero-order valence-corrected chi connectivity index (χ0v) is 29.5. The standard InChI is InChI=1S/C37H58O10/c1-18-15-21-28(44-19(2)38)32(5,6)47-37(46-21)27(18)33(7)13-14-36-17-35(36)12-11-24(45-29-26(41)25(40)20(39)16-43-29)31(3,4)22(35)9-10-23(36)34(33,8)30(37)42/h18,20-30,39-42H,9-17H2,1-8H3/t18-,20+,21?,22?,23?,24+,25+,26-,27?,28+,29?,30-,33-,34-,35?,36?,37?/m1/s1. The molecule has 3 saturated heterocycles. The van der Waals surface area contributed by atoms with Crippen LogP contribution in [0.2, 0.25) is 0 Å². The summed E-state index contributed by atoms with van der Waals surface area (Å²) in [5.74, 6) is -0.514. The number of esters is 1. The second kappa shape index (κ2) is 9.93. The van der Waals surface area contributed by atoms with Crippen molar-refractivity contribution in [2.75, 3.05) is 6.61 Å². The van der Waals surface area contributed by atoms with Crippen molar-refractivity contribution in [3.05, 3.63) is 0 Å². The van der Waals surface area contributed by atoms with E-state index in [2.05, 4.69) is 34.6 Å². The Bertz CT molecular complexity index is 1320. The first-order valence-corrected chi connectivity index (χ1v) is 18.4. The Morgan fingerprint density at radius 1 is 0.872 bits per heavy atom. The molecule has 8 fully saturated rings. The van der Waals surface area contributed by atoms with Gasteiger partial charge in [0, 0.05) is 18.3 Å². The number of carbonyl (C=O) groups is 1. The highest BCUT2D eigenvalue weighted by atomic mass is 16.8. The number of hydrogen-bond donors (Lipinski definition) is 4. The first-order valence-electron chi connectivity index (χ1n) is 18.4. The molecule has 8 unspecified atom stereocenters. The first-order chi connectivity index (χ1) is 21.8. The van der Waals surface area contributed by atoms with E-state index in [9.17, 15) is 25.2 Å². The predicted molar refractivity (Wildman–Crippen MR) is 168 cm³/mol. The summed E-state index contributed by atoms with van der Waals surface area (Å²) in [5.41, 5.74) is -1.32. The minimum absolute atomic E-state index is 0.0185. The van der Waals surface area contributed by atoms with E-state index in [0.29, 0.717) is 11.8 Å². The highest BCUT2D eigenvalue weighted by Crippen LogP contribution is 2.90. The molecule has 47 heavy (non-hydrogen) atoms. The van der Waals surface area contributed by atoms with E-state index in [1.54, 1.807) is 0 Å². The molecule has 8 rings (SSSR count). The highest BCUT2D eigenvalue weighted by Gasteiger charge is 2.88. The maximum Gasteiger partial charge on any atom is 0.303 e. The molecule has 4 N–H and O–H groups in total. The molecular formula is C37H58O10. The third kappa shape index (κ3) is 3.88. The van der Waals surface area contributed by atoms with Crippen molar-refractivity contribution in [1.82, 2.24) is 0 Å². The summed E-state index contributed by atoms with van der Waals surface area (Å²) in [5, 5.41) is 43.8. The van der Waals surface area contributed by atoms with Crippen molar-refractivity contribution in [2.45, 2.75) is 167 Å². The second-order valence-electron chi connectivity index (χ2n) is 18.8. The quantitative estimate of drug-likeness (QED) is 0.261. The SMILES string of the molecule is CC(=O)O[C@H]1C2C[C@@H](C)C3C(O2)(OC1(C)C)[C@H](O)[C@@]1(C)C2CCC4C(C)(C)[C@@H](OC5OC[C@H](O)[C@H](O)[C@H]5O)CCC45CC25CC[C@]31C. The lowest BCUT2D eigenvalue weighted by Crippen LogP contribution is -2.71. The van der Waals surface area contributed by atoms with Gasteiger partial charge in [-0.2, -0.15) is 0 Å². The van der Waals surface area contributed by atoms with Gasteiger partial charge >= 0.3 is 5.97 Å². The number of carbonyl (C=O) groups excluding carboxylic acids is 1. The maximum absolute atomic E-state index is 12.9. The summed E-state index contributed by atoms with van der Waals surface area (Å²) < 4.78 is 31.9. The van der Waals surface area contributed by atoms with Crippen molar-refractivity contribution in [3.63, 3.8) is 0 Å². The minimum Gasteiger partial charge on any atom is -0.457 e. The smallest absolute Gasteiger partial charge is 0.303 e. The molecule has 0 aromatic carbocycles. The van der Waals surface area contributed by atoms with E-state index < -0.39 is 53.6 Å². The van der Waals surface area contributed by atoms with Crippen LogP contribution in [0.3, 0.4) is 0 Å². The normalized spacial score (nSPS) is 59.8. The fourth-order valence-corrected chi connectivity index (χ4v) is 14.4. The molecule has 266 valence electrons. The third-order valence-corrected chi connectivity index (χ3v) is 16.3. The van der Waals surface area contributed by atoms with Crippen LogP contribution < -0.4 is 0 Å². The molecule has 8 aliphatic rings. The molecule has 2 bridgehead atoms. The molecule has 5 aliphatic carbocycles. The molecule has 3 heterocycles. The summed E-state index contributed by atoms with van der Waals surface area (Å²) in [6.07, 6.45) is 1.47. The lowest BCUT2D eigenvalue weighted by molar-refractivity contribution is -0.430. The lowest BCUT2D eigenvalue weighted by atomic mass is 9.41. The molecule has 10 heteroatoms. The number of ether oxygens (including phenoxy) is 5. The van der Waals surface area contributed by atoms with Gasteiger partial charge in [-0.15, -0.1) is 0 Å². The van der Waals surface area contributed by atoms with Crippen LogP contribution in [0.25, 0.3) is 0 Å². The van der Waals surface area contributed by atoms with Crippen molar-refractivity contribution in [3.8, 4) is 0 Å². The average molecular weight is 663 g/mol. The van der Waals surface area contributed by atoms with Gasteiger partial charge in [-0.3, -0.25) is 4.79 Å². The van der Waals surface area contributed by atoms with Gasteiger partial charge in [0.25, 0.3) is 0 Å². The highest BCUT2D eigenvalue weighted by molar-refractivity contribution is 5.66. The van der Waals surface area contributed by atoms with E-state index >= 15 is 0 Å². The average Bonchev–Trinajstić information content (AvgIpc) is 3.62. The van der Waals surface area contributed by atoms with Gasteiger partial charge in [-0.05, 0) is 105 Å². The number of hydrogen-bond acceptors (Lipinski definition) is 10. The Morgan fingerprint density at radius 3 is 2.26 bits per heavy atom. The van der Waals surface area contributed by atoms with Crippen LogP contribution in [-0.2, 0) is 28.5 Å². The fourth-order valence-electron chi connectivity index (χ4n) is 14.4. The summed E-state index contributed by atoms with van der Waals surface area (Å²) in [4.78, 5) is 12.1. The predicted octanol–water partition coefficient (Wildman–Crippen LogP) is 3.69. The van der Waals surface area contributed by atoms with Gasteiger partial charge in [0.1, 0.15) is 36.1 Å². The van der Waals surface area contributed by atoms with E-state index in [1.807, 2.05) is 13.8 Å². The van der Waals surface area contributed by atoms with Crippen molar-refractivity contribution < 1.29 is 48.9 Å². The van der Waals surface area contributed by atoms with Crippen LogP contribution in [0, 0.1) is 50.7 Å². The van der Waals surface area contributed by atoms with Gasteiger partial charge in [0.05, 0.1) is 12.7 Å². The number of aliphatic hydroxyl groups is 4. The number of rotatable bonds is 3. The molecule has 0 amide bonds. The Balaban J connectivity index is 1.10. The zero-order chi connectivity index (χ0) is 33.9. The van der Waals surface area contributed by atoms with Crippen LogP contribution >= 0.6 is 0 Å². The Morgan fingerprint density at radius 2 is 1.55 bits per heavy atom. The van der Waals surface area contributed by atoms with Crippen LogP contribution in [0.5, 0.6) is 0 Å². The van der Waals surface area contributed by atoms with E-state index in [0.717, 1.165) is 51.4 Å². The molecule has 0 aromatic rings. The summed E-state index contributed by atoms with van der Waals surface area (Å²) in [7, 11) is 0. The maximum atomic E-state index is 12.9. The summed E-state index contributed by atoms with van der Waals surface area (Å²) in [6.45, 7) is 17.0. The summed E-state index contributed by atoms with van der Waals surface area (Å²) in [6, 6.07) is 0. The molecule has 3 aliphatic heterocycles. The van der Waals surface area contributed by atoms with Crippen LogP contribution in [0.4, 0.5) is 0 Å². The fraction of sp³-hybridized carbons (Fsp3) is 0.973. The molecule has 10 nitrogen and oxygen atoms in total. The largest absolute Gasteiger partial charge is 0.457 e. The van der Waals surface area contributed by atoms with Crippen molar-refractivity contribution in [1.29, 1.82) is 0 Å². The first kappa shape index (κ1) is 33.3. The Kier molecular flexibility index (Phi) is 7.03. The van der Waals surface area contributed by atoms with Gasteiger partial charge in [-0.25, -0.2) is 0 Å². The number of aliphatic hydroxyl groups excluding tert-OH is 4. The monoisotopic (exact) mass is 662 g/mol. The van der Waals surface area contributed by atoms with Gasteiger partial charge < -0.3 is 44.1 Å². The van der Waals surface area contributed by atoms with Gasteiger partial charge in [0.2, 0.25) is 0 Å². The Labute approximate surface area is 279 Å². The van der Waals surface area contributed by atoms with Crippen LogP contribution in [0.1, 0.15) is 107 Å². The number of fused-ring (bicyclic) bond motifs is 4. The van der Waals surface area contributed by atoms with E-state index in [4.69, 9.17) is 23.7 Å². The molecule has 17 atom stereocenters. The van der Waals surface area contributed by atoms with E-state index in [1.165, 1.54) is 6.92 Å². The lowest BCUT2D eigenvalue weighted by Gasteiger charge is -2.63. The second-order valence-corrected chi connectivity index (χ2v) is 18.8. The molecule has 0 radical (unpaired) electrons. The minimum atomic E-state index is -1.29. The molecular weight excluding hydrogens is 604 g/mol. The van der Waals surface area contributed by atoms with Gasteiger partial charge in [-0.1, -0.05) is 34.6 Å². The van der Waals surface area contributed by atoms with Crippen LogP contribution in [0.15, 0.2) is 0 Å². The zero-order valence-electron chi connectivity index (χ0n) is 29.5. The molecule has 3 spiro atoms. The van der Waals surface area contributed by atoms with Gasteiger partial charge in [0.15, 0.2) is 18.2 Å². The molecule has 0 aromatic heterocycles. The topological polar surface area (TPSA) is 144 Å². The summed E-state index contributed by atoms with van der Waals surface area (Å²) >= 11 is 0. The van der Waals surface area contributed by atoms with E-state index in [-0.39, 0.29) is 58.3 Å². The third-order valence-electron chi connectivity index (χ3n) is 16.3. The molecule has 5 saturated carbocycles. The van der Waals surface area contributed by atoms with Crippen LogP contribution in [-0.4, -0.2) is 93.4 Å². The van der Waals surface area contributed by atoms with Crippen molar-refractivity contribution >= 4 is 5.97 Å². The van der Waals surface area contributed by atoms with Crippen molar-refractivity contribution in [2.24, 2.45) is 50.7 Å². The Hall–Kier alpha value is -0.850.